The zero-order valence-electron chi connectivity index (χ0n) is 12.8. The summed E-state index contributed by atoms with van der Waals surface area (Å²) in [5, 5.41) is 3.53. The van der Waals surface area contributed by atoms with Crippen molar-refractivity contribution in [1.29, 1.82) is 0 Å². The average Bonchev–Trinajstić information content (AvgIpc) is 2.61. The van der Waals surface area contributed by atoms with E-state index in [0.717, 1.165) is 19.5 Å². The van der Waals surface area contributed by atoms with E-state index in [0.29, 0.717) is 29.0 Å². The molecule has 21 heavy (non-hydrogen) atoms. The minimum Gasteiger partial charge on any atom is -0.312 e. The third kappa shape index (κ3) is 4.02. The lowest BCUT2D eigenvalue weighted by molar-refractivity contribution is 0.179. The van der Waals surface area contributed by atoms with Crippen LogP contribution < -0.4 is 5.32 Å². The molecule has 1 heterocycles. The average molecular weight is 361 g/mol. The highest BCUT2D eigenvalue weighted by Crippen LogP contribution is 2.25. The molecule has 1 aromatic rings. The van der Waals surface area contributed by atoms with Crippen LogP contribution >= 0.6 is 15.9 Å². The molecule has 0 saturated carbocycles. The molecule has 0 aliphatic carbocycles. The van der Waals surface area contributed by atoms with Crippen LogP contribution in [-0.2, 0) is 6.54 Å². The largest absolute Gasteiger partial charge is 0.312 e. The van der Waals surface area contributed by atoms with Crippen molar-refractivity contribution in [3.63, 3.8) is 0 Å². The van der Waals surface area contributed by atoms with Crippen molar-refractivity contribution in [3.8, 4) is 0 Å². The molecular formula is C16H23BrF2N2. The summed E-state index contributed by atoms with van der Waals surface area (Å²) in [4.78, 5) is 2.18. The third-order valence-electron chi connectivity index (χ3n) is 4.33. The lowest BCUT2D eigenvalue weighted by Gasteiger charge is -2.30. The van der Waals surface area contributed by atoms with Crippen LogP contribution in [0.3, 0.4) is 0 Å². The number of nitrogens with one attached hydrogen (secondary N) is 1. The van der Waals surface area contributed by atoms with Gasteiger partial charge in [-0.05, 0) is 53.9 Å². The van der Waals surface area contributed by atoms with Gasteiger partial charge in [0.25, 0.3) is 0 Å². The number of halogens is 3. The van der Waals surface area contributed by atoms with Gasteiger partial charge in [-0.15, -0.1) is 0 Å². The second-order valence-corrected chi connectivity index (χ2v) is 7.05. The molecule has 118 valence electrons. The molecular weight excluding hydrogens is 338 g/mol. The Kier molecular flexibility index (Phi) is 5.74. The highest BCUT2D eigenvalue weighted by Gasteiger charge is 2.26. The zero-order chi connectivity index (χ0) is 15.6. The van der Waals surface area contributed by atoms with Gasteiger partial charge in [0.1, 0.15) is 11.6 Å². The predicted octanol–water partition coefficient (Wildman–Crippen LogP) is 3.94. The third-order valence-corrected chi connectivity index (χ3v) is 4.94. The Bertz CT molecular complexity index is 493. The van der Waals surface area contributed by atoms with Gasteiger partial charge in [0, 0.05) is 30.7 Å². The minimum absolute atomic E-state index is 0.153. The van der Waals surface area contributed by atoms with Gasteiger partial charge < -0.3 is 5.32 Å². The van der Waals surface area contributed by atoms with Gasteiger partial charge in [-0.3, -0.25) is 4.90 Å². The Morgan fingerprint density at radius 1 is 1.38 bits per heavy atom. The van der Waals surface area contributed by atoms with Gasteiger partial charge in [0.15, 0.2) is 0 Å². The fourth-order valence-corrected chi connectivity index (χ4v) is 3.11. The summed E-state index contributed by atoms with van der Waals surface area (Å²) in [7, 11) is 0. The Morgan fingerprint density at radius 2 is 2.10 bits per heavy atom. The first kappa shape index (κ1) is 16.8. The maximum Gasteiger partial charge on any atom is 0.144 e. The van der Waals surface area contributed by atoms with E-state index < -0.39 is 11.6 Å². The van der Waals surface area contributed by atoms with E-state index in [2.05, 4.69) is 46.9 Å². The molecule has 1 aromatic carbocycles. The Balaban J connectivity index is 2.21. The summed E-state index contributed by atoms with van der Waals surface area (Å²) in [6, 6.07) is 3.40. The van der Waals surface area contributed by atoms with Crippen LogP contribution in [0.5, 0.6) is 0 Å². The summed E-state index contributed by atoms with van der Waals surface area (Å²) in [6.07, 6.45) is 0.987. The first-order valence-electron chi connectivity index (χ1n) is 7.50. The van der Waals surface area contributed by atoms with E-state index in [4.69, 9.17) is 0 Å². The molecule has 0 radical (unpaired) electrons. The number of hydrogen-bond donors (Lipinski definition) is 1. The van der Waals surface area contributed by atoms with E-state index in [1.54, 1.807) is 0 Å². The fourth-order valence-electron chi connectivity index (χ4n) is 2.74. The van der Waals surface area contributed by atoms with E-state index in [1.165, 1.54) is 12.1 Å². The molecule has 1 N–H and O–H groups in total. The fraction of sp³-hybridized carbons (Fsp3) is 0.625. The van der Waals surface area contributed by atoms with Gasteiger partial charge in [0.2, 0.25) is 0 Å². The molecule has 2 unspecified atom stereocenters. The van der Waals surface area contributed by atoms with Crippen molar-refractivity contribution >= 4 is 15.9 Å². The molecule has 0 aromatic heterocycles. The van der Waals surface area contributed by atoms with E-state index in [1.807, 2.05) is 0 Å². The van der Waals surface area contributed by atoms with E-state index in [9.17, 15) is 8.78 Å². The topological polar surface area (TPSA) is 15.3 Å². The lowest BCUT2D eigenvalue weighted by atomic mass is 10.0. The van der Waals surface area contributed by atoms with Gasteiger partial charge in [0.05, 0.1) is 4.47 Å². The van der Waals surface area contributed by atoms with Crippen LogP contribution in [0.15, 0.2) is 16.6 Å². The molecule has 1 saturated heterocycles. The number of benzene rings is 1. The van der Waals surface area contributed by atoms with Gasteiger partial charge in [-0.1, -0.05) is 13.8 Å². The van der Waals surface area contributed by atoms with Crippen molar-refractivity contribution in [2.45, 2.75) is 45.8 Å². The molecule has 1 aliphatic rings. The molecule has 2 rings (SSSR count). The van der Waals surface area contributed by atoms with Crippen LogP contribution in [0.2, 0.25) is 0 Å². The Hall–Kier alpha value is -0.520. The molecule has 0 bridgehead atoms. The maximum absolute atomic E-state index is 14.2. The maximum atomic E-state index is 14.2. The second-order valence-electron chi connectivity index (χ2n) is 6.19. The summed E-state index contributed by atoms with van der Waals surface area (Å²) < 4.78 is 28.5. The Labute approximate surface area is 134 Å². The molecule has 0 amide bonds. The highest BCUT2D eigenvalue weighted by atomic mass is 79.9. The number of hydrogen-bond acceptors (Lipinski definition) is 2. The van der Waals surface area contributed by atoms with Crippen molar-refractivity contribution in [2.75, 3.05) is 13.1 Å². The molecule has 2 nitrogen and oxygen atoms in total. The monoisotopic (exact) mass is 360 g/mol. The first-order chi connectivity index (χ1) is 9.90. The summed E-state index contributed by atoms with van der Waals surface area (Å²) in [5.41, 5.74) is 0.153. The zero-order valence-corrected chi connectivity index (χ0v) is 14.4. The van der Waals surface area contributed by atoms with Crippen LogP contribution in [0, 0.1) is 17.6 Å². The lowest BCUT2D eigenvalue weighted by Crippen LogP contribution is -2.42. The summed E-state index contributed by atoms with van der Waals surface area (Å²) in [6.45, 7) is 8.54. The highest BCUT2D eigenvalue weighted by molar-refractivity contribution is 9.10. The van der Waals surface area contributed by atoms with Crippen molar-refractivity contribution in [1.82, 2.24) is 10.2 Å². The quantitative estimate of drug-likeness (QED) is 0.821. The molecule has 1 aliphatic heterocycles. The first-order valence-corrected chi connectivity index (χ1v) is 8.29. The van der Waals surface area contributed by atoms with Gasteiger partial charge in [-0.25, -0.2) is 8.78 Å². The van der Waals surface area contributed by atoms with Crippen LogP contribution in [0.1, 0.15) is 32.8 Å². The van der Waals surface area contributed by atoms with Crippen LogP contribution in [0.25, 0.3) is 0 Å². The second kappa shape index (κ2) is 7.16. The van der Waals surface area contributed by atoms with Crippen LogP contribution in [0.4, 0.5) is 8.78 Å². The van der Waals surface area contributed by atoms with Crippen molar-refractivity contribution < 1.29 is 8.78 Å². The summed E-state index contributed by atoms with van der Waals surface area (Å²) in [5.74, 6) is -0.461. The minimum atomic E-state index is -0.486. The molecule has 2 atom stereocenters. The smallest absolute Gasteiger partial charge is 0.144 e. The van der Waals surface area contributed by atoms with Crippen molar-refractivity contribution in [3.05, 3.63) is 33.8 Å². The van der Waals surface area contributed by atoms with Crippen LogP contribution in [-0.4, -0.2) is 30.1 Å². The number of nitrogens with zero attached hydrogens (tertiary/aromatic N) is 1. The normalized spacial score (nSPS) is 24.3. The molecule has 0 spiro atoms. The standard InChI is InChI=1S/C16H23BrF2N2/c1-10(2)15-9-21(11(3)6-7-20-15)8-12-14(18)5-4-13(17)16(12)19/h4-5,10-11,15,20H,6-9H2,1-3H3. The number of rotatable bonds is 3. The van der Waals surface area contributed by atoms with E-state index in [-0.39, 0.29) is 5.56 Å². The van der Waals surface area contributed by atoms with Gasteiger partial charge >= 0.3 is 0 Å². The predicted molar refractivity (Wildman–Crippen MR) is 85.2 cm³/mol. The van der Waals surface area contributed by atoms with Crippen molar-refractivity contribution in [2.24, 2.45) is 5.92 Å². The van der Waals surface area contributed by atoms with E-state index >= 15 is 0 Å². The summed E-state index contributed by atoms with van der Waals surface area (Å²) >= 11 is 3.14. The molecule has 1 fully saturated rings. The molecule has 5 heteroatoms. The SMILES string of the molecule is CC(C)C1CN(Cc2c(F)ccc(Br)c2F)C(C)CCN1. The van der Waals surface area contributed by atoms with Gasteiger partial charge in [-0.2, -0.15) is 0 Å². The Morgan fingerprint density at radius 3 is 2.76 bits per heavy atom.